The van der Waals surface area contributed by atoms with Crippen molar-refractivity contribution < 1.29 is 4.21 Å². The van der Waals surface area contributed by atoms with Crippen molar-refractivity contribution in [3.05, 3.63) is 28.2 Å². The van der Waals surface area contributed by atoms with Gasteiger partial charge in [0.1, 0.15) is 0 Å². The van der Waals surface area contributed by atoms with E-state index in [1.54, 1.807) is 25.1 Å². The van der Waals surface area contributed by atoms with E-state index in [9.17, 15) is 4.21 Å². The summed E-state index contributed by atoms with van der Waals surface area (Å²) in [5.41, 5.74) is 0. The Hall–Kier alpha value is -0.560. The molecule has 0 fully saturated rings. The van der Waals surface area contributed by atoms with Crippen LogP contribution in [-0.4, -0.2) is 9.96 Å². The van der Waals surface area contributed by atoms with Crippen LogP contribution in [-0.2, 0) is 10.8 Å². The van der Waals surface area contributed by atoms with Crippen molar-refractivity contribution in [3.8, 4) is 6.07 Å². The van der Waals surface area contributed by atoms with Crippen LogP contribution >= 0.6 is 23.2 Å². The Labute approximate surface area is 101 Å². The molecule has 0 spiro atoms. The van der Waals surface area contributed by atoms with E-state index in [1.165, 1.54) is 0 Å². The number of hydrogen-bond acceptors (Lipinski definition) is 2. The number of benzene rings is 1. The molecule has 0 aliphatic rings. The molecule has 2 unspecified atom stereocenters. The van der Waals surface area contributed by atoms with E-state index in [1.807, 2.05) is 6.07 Å². The summed E-state index contributed by atoms with van der Waals surface area (Å²) in [6.07, 6.45) is 0. The SMILES string of the molecule is CC(C#N)CS(=O)c1cc(Cl)ccc1Cl. The van der Waals surface area contributed by atoms with Gasteiger partial charge in [0, 0.05) is 10.8 Å². The van der Waals surface area contributed by atoms with Crippen molar-refractivity contribution in [2.45, 2.75) is 11.8 Å². The maximum absolute atomic E-state index is 11.8. The first-order valence-electron chi connectivity index (χ1n) is 4.27. The lowest BCUT2D eigenvalue weighted by molar-refractivity contribution is 0.676. The highest BCUT2D eigenvalue weighted by molar-refractivity contribution is 7.85. The van der Waals surface area contributed by atoms with E-state index >= 15 is 0 Å². The second-order valence-electron chi connectivity index (χ2n) is 3.12. The molecular formula is C10H9Cl2NOS. The molecule has 2 atom stereocenters. The Morgan fingerprint density at radius 3 is 2.80 bits per heavy atom. The van der Waals surface area contributed by atoms with Gasteiger partial charge >= 0.3 is 0 Å². The van der Waals surface area contributed by atoms with Gasteiger partial charge in [-0.2, -0.15) is 5.26 Å². The zero-order valence-corrected chi connectivity index (χ0v) is 10.4. The largest absolute Gasteiger partial charge is 0.254 e. The molecule has 0 heterocycles. The summed E-state index contributed by atoms with van der Waals surface area (Å²) in [5.74, 6) is 0.0113. The topological polar surface area (TPSA) is 40.9 Å². The van der Waals surface area contributed by atoms with Crippen LogP contribution in [0.4, 0.5) is 0 Å². The van der Waals surface area contributed by atoms with Gasteiger partial charge in [0.2, 0.25) is 0 Å². The van der Waals surface area contributed by atoms with Crippen LogP contribution in [0.5, 0.6) is 0 Å². The summed E-state index contributed by atoms with van der Waals surface area (Å²) < 4.78 is 11.8. The van der Waals surface area contributed by atoms with Gasteiger partial charge in [0.15, 0.2) is 0 Å². The summed E-state index contributed by atoms with van der Waals surface area (Å²) in [7, 11) is -1.27. The number of rotatable bonds is 3. The van der Waals surface area contributed by atoms with Gasteiger partial charge < -0.3 is 0 Å². The summed E-state index contributed by atoms with van der Waals surface area (Å²) >= 11 is 11.7. The molecular weight excluding hydrogens is 253 g/mol. The zero-order chi connectivity index (χ0) is 11.4. The van der Waals surface area contributed by atoms with Crippen molar-refractivity contribution in [2.75, 3.05) is 5.75 Å². The fourth-order valence-corrected chi connectivity index (χ4v) is 2.87. The van der Waals surface area contributed by atoms with Crippen LogP contribution < -0.4 is 0 Å². The summed E-state index contributed by atoms with van der Waals surface area (Å²) in [6.45, 7) is 1.72. The Bertz CT molecular complexity index is 428. The Morgan fingerprint density at radius 1 is 1.53 bits per heavy atom. The molecule has 0 saturated heterocycles. The van der Waals surface area contributed by atoms with Crippen molar-refractivity contribution >= 4 is 34.0 Å². The van der Waals surface area contributed by atoms with Crippen molar-refractivity contribution in [2.24, 2.45) is 5.92 Å². The molecule has 80 valence electrons. The fraction of sp³-hybridized carbons (Fsp3) is 0.300. The predicted octanol–water partition coefficient (Wildman–Crippen LogP) is 3.26. The number of hydrogen-bond donors (Lipinski definition) is 0. The zero-order valence-electron chi connectivity index (χ0n) is 8.04. The second kappa shape index (κ2) is 5.50. The molecule has 1 aromatic rings. The summed E-state index contributed by atoms with van der Waals surface area (Å²) in [4.78, 5) is 0.492. The van der Waals surface area contributed by atoms with E-state index in [0.29, 0.717) is 14.9 Å². The normalized spacial score (nSPS) is 14.3. The van der Waals surface area contributed by atoms with Gasteiger partial charge in [-0.1, -0.05) is 23.2 Å². The minimum absolute atomic E-state index is 0.263. The van der Waals surface area contributed by atoms with Gasteiger partial charge in [0.05, 0.1) is 32.7 Å². The van der Waals surface area contributed by atoms with E-state index in [4.69, 9.17) is 28.5 Å². The van der Waals surface area contributed by atoms with Crippen molar-refractivity contribution in [1.82, 2.24) is 0 Å². The van der Waals surface area contributed by atoms with E-state index in [0.717, 1.165) is 0 Å². The highest BCUT2D eigenvalue weighted by Crippen LogP contribution is 2.24. The van der Waals surface area contributed by atoms with Gasteiger partial charge in [0.25, 0.3) is 0 Å². The molecule has 0 saturated carbocycles. The first kappa shape index (κ1) is 12.5. The lowest BCUT2D eigenvalue weighted by Crippen LogP contribution is -2.06. The molecule has 1 aromatic carbocycles. The first-order valence-corrected chi connectivity index (χ1v) is 6.35. The molecule has 2 nitrogen and oxygen atoms in total. The molecule has 1 rings (SSSR count). The summed E-state index contributed by atoms with van der Waals surface area (Å²) in [5, 5.41) is 9.52. The van der Waals surface area contributed by atoms with Gasteiger partial charge in [-0.25, -0.2) is 0 Å². The Kier molecular flexibility index (Phi) is 4.59. The fourth-order valence-electron chi connectivity index (χ4n) is 1.01. The van der Waals surface area contributed by atoms with Crippen LogP contribution in [0.25, 0.3) is 0 Å². The van der Waals surface area contributed by atoms with Gasteiger partial charge in [-0.15, -0.1) is 0 Å². The van der Waals surface area contributed by atoms with Crippen LogP contribution in [0.2, 0.25) is 10.0 Å². The van der Waals surface area contributed by atoms with E-state index in [2.05, 4.69) is 0 Å². The van der Waals surface area contributed by atoms with Crippen LogP contribution in [0.1, 0.15) is 6.92 Å². The van der Waals surface area contributed by atoms with Gasteiger partial charge in [-0.3, -0.25) is 4.21 Å². The quantitative estimate of drug-likeness (QED) is 0.838. The first-order chi connectivity index (χ1) is 7.04. The molecule has 15 heavy (non-hydrogen) atoms. The molecule has 0 aliphatic carbocycles. The molecule has 0 amide bonds. The smallest absolute Gasteiger partial charge is 0.0662 e. The summed E-state index contributed by atoms with van der Waals surface area (Å²) in [6, 6.07) is 6.85. The van der Waals surface area contributed by atoms with Crippen LogP contribution in [0.3, 0.4) is 0 Å². The average Bonchev–Trinajstić information content (AvgIpc) is 2.21. The van der Waals surface area contributed by atoms with E-state index < -0.39 is 10.8 Å². The third-order valence-electron chi connectivity index (χ3n) is 1.76. The average molecular weight is 262 g/mol. The Morgan fingerprint density at radius 2 is 2.20 bits per heavy atom. The molecule has 0 bridgehead atoms. The standard InChI is InChI=1S/C10H9Cl2NOS/c1-7(5-13)6-15(14)10-4-8(11)2-3-9(10)12/h2-4,7H,6H2,1H3. The third kappa shape index (κ3) is 3.49. The third-order valence-corrected chi connectivity index (χ3v) is 4.07. The number of nitrogens with zero attached hydrogens (tertiary/aromatic N) is 1. The maximum Gasteiger partial charge on any atom is 0.0662 e. The lowest BCUT2D eigenvalue weighted by Gasteiger charge is -2.05. The van der Waals surface area contributed by atoms with Crippen LogP contribution in [0, 0.1) is 17.2 Å². The van der Waals surface area contributed by atoms with Crippen molar-refractivity contribution in [1.29, 1.82) is 5.26 Å². The number of halogens is 2. The maximum atomic E-state index is 11.8. The van der Waals surface area contributed by atoms with Gasteiger partial charge in [-0.05, 0) is 25.1 Å². The van der Waals surface area contributed by atoms with Crippen molar-refractivity contribution in [3.63, 3.8) is 0 Å². The monoisotopic (exact) mass is 261 g/mol. The van der Waals surface area contributed by atoms with E-state index in [-0.39, 0.29) is 11.7 Å². The molecule has 0 radical (unpaired) electrons. The highest BCUT2D eigenvalue weighted by Gasteiger charge is 2.12. The minimum Gasteiger partial charge on any atom is -0.254 e. The van der Waals surface area contributed by atoms with Crippen LogP contribution in [0.15, 0.2) is 23.1 Å². The Balaban J connectivity index is 2.92. The highest BCUT2D eigenvalue weighted by atomic mass is 35.5. The number of nitriles is 1. The second-order valence-corrected chi connectivity index (χ2v) is 5.42. The minimum atomic E-state index is -1.27. The lowest BCUT2D eigenvalue weighted by atomic mass is 10.3. The molecule has 0 aliphatic heterocycles. The predicted molar refractivity (Wildman–Crippen MR) is 62.5 cm³/mol. The molecule has 0 aromatic heterocycles. The molecule has 0 N–H and O–H groups in total. The molecule has 5 heteroatoms.